The molecule has 0 fully saturated rings. The molecule has 2 aromatic rings. The average Bonchev–Trinajstić information content (AvgIpc) is 2.73. The Morgan fingerprint density at radius 2 is 2.21 bits per heavy atom. The molecule has 0 amide bonds. The summed E-state index contributed by atoms with van der Waals surface area (Å²) in [6.45, 7) is 0. The van der Waals surface area contributed by atoms with Gasteiger partial charge in [-0.3, -0.25) is 9.82 Å². The zero-order chi connectivity index (χ0) is 14.0. The van der Waals surface area contributed by atoms with Gasteiger partial charge in [0.15, 0.2) is 5.82 Å². The number of H-pyrrole nitrogens is 1. The van der Waals surface area contributed by atoms with Crippen LogP contribution in [0.15, 0.2) is 29.3 Å². The third kappa shape index (κ3) is 2.62. The number of nitrogens with one attached hydrogen (secondary N) is 2. The fourth-order valence-electron chi connectivity index (χ4n) is 1.35. The molecule has 7 nitrogen and oxygen atoms in total. The number of nitrogens with zero attached hydrogens (tertiary/aromatic N) is 2. The largest absolute Gasteiger partial charge is 0.394 e. The van der Waals surface area contributed by atoms with Gasteiger partial charge in [-0.2, -0.15) is 10.4 Å². The summed E-state index contributed by atoms with van der Waals surface area (Å²) in [5.41, 5.74) is 5.94. The topological polar surface area (TPSA) is 125 Å². The smallest absolute Gasteiger partial charge is 0.264 e. The van der Waals surface area contributed by atoms with Crippen LogP contribution in [0.3, 0.4) is 0 Å². The third-order valence-electron chi connectivity index (χ3n) is 2.26. The molecule has 1 heterocycles. The molecule has 19 heavy (non-hydrogen) atoms. The van der Waals surface area contributed by atoms with Crippen molar-refractivity contribution in [2.75, 3.05) is 10.5 Å². The van der Waals surface area contributed by atoms with Crippen molar-refractivity contribution in [2.24, 2.45) is 0 Å². The van der Waals surface area contributed by atoms with Gasteiger partial charge in [0.25, 0.3) is 10.0 Å². The van der Waals surface area contributed by atoms with Crippen molar-refractivity contribution in [3.8, 4) is 6.07 Å². The molecule has 98 valence electrons. The molecule has 0 spiro atoms. The van der Waals surface area contributed by atoms with Crippen molar-refractivity contribution < 1.29 is 8.42 Å². The Hall–Kier alpha value is -2.24. The first-order chi connectivity index (χ1) is 8.94. The van der Waals surface area contributed by atoms with Crippen LogP contribution >= 0.6 is 11.6 Å². The van der Waals surface area contributed by atoms with Crippen LogP contribution in [0.4, 0.5) is 11.5 Å². The minimum absolute atomic E-state index is 0.0513. The van der Waals surface area contributed by atoms with Crippen molar-refractivity contribution in [1.82, 2.24) is 10.2 Å². The Labute approximate surface area is 114 Å². The molecule has 0 unspecified atom stereocenters. The fraction of sp³-hybridized carbons (Fsp3) is 0. The summed E-state index contributed by atoms with van der Waals surface area (Å²) < 4.78 is 26.4. The van der Waals surface area contributed by atoms with Crippen LogP contribution in [-0.4, -0.2) is 18.6 Å². The van der Waals surface area contributed by atoms with Gasteiger partial charge in [0.2, 0.25) is 0 Å². The minimum atomic E-state index is -3.90. The summed E-state index contributed by atoms with van der Waals surface area (Å²) in [4.78, 5) is -0.151. The van der Waals surface area contributed by atoms with Crippen molar-refractivity contribution in [1.29, 1.82) is 5.26 Å². The first kappa shape index (κ1) is 13.2. The average molecular weight is 298 g/mol. The van der Waals surface area contributed by atoms with E-state index in [4.69, 9.17) is 22.6 Å². The van der Waals surface area contributed by atoms with E-state index >= 15 is 0 Å². The lowest BCUT2D eigenvalue weighted by Crippen LogP contribution is -2.14. The maximum atomic E-state index is 12.1. The second-order valence-electron chi connectivity index (χ2n) is 3.56. The number of nitriles is 1. The molecule has 0 atom stereocenters. The summed E-state index contributed by atoms with van der Waals surface area (Å²) >= 11 is 5.85. The number of benzene rings is 1. The Kier molecular flexibility index (Phi) is 3.33. The SMILES string of the molecule is N#Cc1ccc(S(=O)(=O)Nc2[nH]ncc2N)c(Cl)c1. The van der Waals surface area contributed by atoms with Crippen LogP contribution in [0.1, 0.15) is 5.56 Å². The molecule has 0 saturated carbocycles. The van der Waals surface area contributed by atoms with Gasteiger partial charge < -0.3 is 5.73 Å². The molecular formula is C10H8ClN5O2S. The lowest BCUT2D eigenvalue weighted by atomic mass is 10.2. The molecule has 1 aromatic heterocycles. The number of rotatable bonds is 3. The molecular weight excluding hydrogens is 290 g/mol. The first-order valence-electron chi connectivity index (χ1n) is 4.95. The third-order valence-corrected chi connectivity index (χ3v) is 4.09. The summed E-state index contributed by atoms with van der Waals surface area (Å²) in [5.74, 6) is 0.0560. The molecule has 0 aliphatic rings. The fourth-order valence-corrected chi connectivity index (χ4v) is 2.95. The summed E-state index contributed by atoms with van der Waals surface area (Å²) in [6.07, 6.45) is 1.28. The van der Waals surface area contributed by atoms with E-state index in [9.17, 15) is 8.42 Å². The number of sulfonamides is 1. The number of aromatic nitrogens is 2. The Balaban J connectivity index is 2.41. The Morgan fingerprint density at radius 3 is 2.74 bits per heavy atom. The zero-order valence-electron chi connectivity index (χ0n) is 9.38. The van der Waals surface area contributed by atoms with Crippen LogP contribution in [0.5, 0.6) is 0 Å². The second-order valence-corrected chi connectivity index (χ2v) is 5.62. The monoisotopic (exact) mass is 297 g/mol. The van der Waals surface area contributed by atoms with E-state index in [2.05, 4.69) is 14.9 Å². The highest BCUT2D eigenvalue weighted by molar-refractivity contribution is 7.92. The van der Waals surface area contributed by atoms with Gasteiger partial charge in [-0.15, -0.1) is 0 Å². The lowest BCUT2D eigenvalue weighted by molar-refractivity contribution is 0.601. The predicted molar refractivity (Wildman–Crippen MR) is 70.0 cm³/mol. The van der Waals surface area contributed by atoms with Crippen molar-refractivity contribution >= 4 is 33.1 Å². The van der Waals surface area contributed by atoms with Gasteiger partial charge >= 0.3 is 0 Å². The number of halogens is 1. The number of nitrogen functional groups attached to an aromatic ring is 1. The number of nitrogens with two attached hydrogens (primary N) is 1. The van der Waals surface area contributed by atoms with Crippen LogP contribution < -0.4 is 10.5 Å². The van der Waals surface area contributed by atoms with Crippen LogP contribution in [0.25, 0.3) is 0 Å². The highest BCUT2D eigenvalue weighted by atomic mass is 35.5. The summed E-state index contributed by atoms with van der Waals surface area (Å²) in [6, 6.07) is 5.74. The van der Waals surface area contributed by atoms with E-state index in [1.165, 1.54) is 24.4 Å². The molecule has 0 aliphatic carbocycles. The van der Waals surface area contributed by atoms with Gasteiger partial charge in [0.1, 0.15) is 4.90 Å². The maximum absolute atomic E-state index is 12.1. The van der Waals surface area contributed by atoms with Crippen molar-refractivity contribution in [2.45, 2.75) is 4.90 Å². The van der Waals surface area contributed by atoms with Crippen LogP contribution in [-0.2, 0) is 10.0 Å². The standard InChI is InChI=1S/C10H8ClN5O2S/c11-7-3-6(4-12)1-2-9(7)19(17,18)16-10-8(13)5-14-15-10/h1-3,5H,13H2,(H2,14,15,16). The number of aromatic amines is 1. The minimum Gasteiger partial charge on any atom is -0.394 e. The molecule has 2 rings (SSSR count). The lowest BCUT2D eigenvalue weighted by Gasteiger charge is -2.08. The van der Waals surface area contributed by atoms with Gasteiger partial charge in [0, 0.05) is 0 Å². The van der Waals surface area contributed by atoms with E-state index in [1.54, 1.807) is 0 Å². The number of anilines is 2. The number of hydrogen-bond donors (Lipinski definition) is 3. The molecule has 9 heteroatoms. The molecule has 1 aromatic carbocycles. The zero-order valence-corrected chi connectivity index (χ0v) is 11.0. The normalized spacial score (nSPS) is 10.9. The van der Waals surface area contributed by atoms with Gasteiger partial charge in [-0.05, 0) is 18.2 Å². The van der Waals surface area contributed by atoms with Crippen molar-refractivity contribution in [3.63, 3.8) is 0 Å². The molecule has 4 N–H and O–H groups in total. The van der Waals surface area contributed by atoms with Gasteiger partial charge in [0.05, 0.1) is 28.5 Å². The summed E-state index contributed by atoms with van der Waals surface area (Å²) in [7, 11) is -3.90. The first-order valence-corrected chi connectivity index (χ1v) is 6.81. The van der Waals surface area contributed by atoms with Crippen molar-refractivity contribution in [3.05, 3.63) is 35.0 Å². The highest BCUT2D eigenvalue weighted by Gasteiger charge is 2.20. The van der Waals surface area contributed by atoms with E-state index in [0.29, 0.717) is 0 Å². The van der Waals surface area contributed by atoms with Gasteiger partial charge in [-0.1, -0.05) is 11.6 Å². The van der Waals surface area contributed by atoms with Crippen LogP contribution in [0, 0.1) is 11.3 Å². The Morgan fingerprint density at radius 1 is 1.47 bits per heavy atom. The van der Waals surface area contributed by atoms with E-state index in [0.717, 1.165) is 0 Å². The predicted octanol–water partition coefficient (Wildman–Crippen LogP) is 1.32. The summed E-state index contributed by atoms with van der Waals surface area (Å²) in [5, 5.41) is 14.7. The molecule has 0 saturated heterocycles. The second kappa shape index (κ2) is 4.79. The highest BCUT2D eigenvalue weighted by Crippen LogP contribution is 2.25. The van der Waals surface area contributed by atoms with Crippen LogP contribution in [0.2, 0.25) is 5.02 Å². The van der Waals surface area contributed by atoms with Gasteiger partial charge in [-0.25, -0.2) is 8.42 Å². The van der Waals surface area contributed by atoms with E-state index in [-0.39, 0.29) is 27.0 Å². The Bertz CT molecular complexity index is 762. The molecule has 0 radical (unpaired) electrons. The number of hydrogen-bond acceptors (Lipinski definition) is 5. The van der Waals surface area contributed by atoms with E-state index in [1.807, 2.05) is 6.07 Å². The molecule has 0 aliphatic heterocycles. The van der Waals surface area contributed by atoms with E-state index < -0.39 is 10.0 Å². The maximum Gasteiger partial charge on any atom is 0.264 e. The molecule has 0 bridgehead atoms. The quantitative estimate of drug-likeness (QED) is 0.788.